The van der Waals surface area contributed by atoms with Crippen molar-refractivity contribution in [1.82, 2.24) is 0 Å². The Bertz CT molecular complexity index is 39.3. The maximum absolute atomic E-state index is 3.78. The molecule has 0 fully saturated rings. The second-order valence-corrected chi connectivity index (χ2v) is 2.27. The van der Waals surface area contributed by atoms with Crippen LogP contribution in [0.15, 0.2) is 0 Å². The van der Waals surface area contributed by atoms with Crippen molar-refractivity contribution in [2.24, 2.45) is 0 Å². The van der Waals surface area contributed by atoms with Gasteiger partial charge in [0.05, 0.1) is 0 Å². The number of hydrogen-bond donors (Lipinski definition) is 0. The van der Waals surface area contributed by atoms with Gasteiger partial charge in [-0.2, -0.15) is 6.42 Å². The molecule has 0 bridgehead atoms. The van der Waals surface area contributed by atoms with Crippen LogP contribution in [-0.4, -0.2) is 16.4 Å². The Morgan fingerprint density at radius 3 is 1.58 bits per heavy atom. The molecule has 0 aliphatic carbocycles. The van der Waals surface area contributed by atoms with Crippen LogP contribution in [0.1, 0.15) is 45.4 Å². The van der Waals surface area contributed by atoms with Gasteiger partial charge in [-0.3, -0.25) is 0 Å². The average molecular weight is 258 g/mol. The summed E-state index contributed by atoms with van der Waals surface area (Å²) in [5.74, 6) is 0. The molecule has 0 atom stereocenters. The predicted octanol–water partition coefficient (Wildman–Crippen LogP) is 0.704. The molecule has 12 heavy (non-hydrogen) atoms. The van der Waals surface area contributed by atoms with E-state index in [1.165, 1.54) is 32.1 Å². The third kappa shape index (κ3) is 30.9. The van der Waals surface area contributed by atoms with Gasteiger partial charge in [-0.1, -0.05) is 39.0 Å². The zero-order chi connectivity index (χ0) is 6.24. The Morgan fingerprint density at radius 1 is 0.833 bits per heavy atom. The van der Waals surface area contributed by atoms with Crippen LogP contribution in [0.4, 0.5) is 0 Å². The molecule has 0 aromatic carbocycles. The summed E-state index contributed by atoms with van der Waals surface area (Å²) in [6.07, 6.45) is 7.98. The number of hydrogen-bond acceptors (Lipinski definition) is 0. The molecule has 0 heterocycles. The van der Waals surface area contributed by atoms with E-state index in [-0.39, 0.29) is 42.6 Å². The molecule has 4 heteroatoms. The first-order valence-corrected chi connectivity index (χ1v) is 3.71. The first-order chi connectivity index (χ1) is 3.91. The molecule has 0 saturated carbocycles. The molecule has 0 unspecified atom stereocenters. The fourth-order valence-electron chi connectivity index (χ4n) is 0.780. The number of rotatable bonds is 5. The van der Waals surface area contributed by atoms with Crippen molar-refractivity contribution in [3.8, 4) is 0 Å². The summed E-state index contributed by atoms with van der Waals surface area (Å²) < 4.78 is 0. The normalized spacial score (nSPS) is 6.50. The Hall–Kier alpha value is 0.763. The molecule has 0 spiro atoms. The topological polar surface area (TPSA) is 94.5 Å². The van der Waals surface area contributed by atoms with Gasteiger partial charge in [0, 0.05) is 26.2 Å². The van der Waals surface area contributed by atoms with Gasteiger partial charge in [-0.15, -0.1) is 0 Å². The summed E-state index contributed by atoms with van der Waals surface area (Å²) >= 11 is 0. The quantitative estimate of drug-likeness (QED) is 0.513. The summed E-state index contributed by atoms with van der Waals surface area (Å²) in [4.78, 5) is 0. The fraction of sp³-hybridized carbons (Fsp3) is 0.875. The largest absolute Gasteiger partial charge is 0.412 e. The van der Waals surface area contributed by atoms with Gasteiger partial charge in [0.25, 0.3) is 0 Å². The van der Waals surface area contributed by atoms with E-state index in [0.29, 0.717) is 0 Å². The molecule has 0 aliphatic rings. The van der Waals surface area contributed by atoms with E-state index in [2.05, 4.69) is 13.8 Å². The standard InChI is InChI=1S/C8H17.3H2O.Zr/c1-3-5-7-8-6-4-2;;;;/h1,3-8H2,2H3;3*1H2;/q-1;;;;. The van der Waals surface area contributed by atoms with Crippen LogP contribution in [-0.2, 0) is 26.2 Å². The molecule has 0 rings (SSSR count). The van der Waals surface area contributed by atoms with Crippen molar-refractivity contribution in [3.05, 3.63) is 6.92 Å². The van der Waals surface area contributed by atoms with Gasteiger partial charge in [0.15, 0.2) is 0 Å². The molecule has 0 amide bonds. The molecular formula is C8H23O3Zr-. The van der Waals surface area contributed by atoms with Crippen molar-refractivity contribution in [1.29, 1.82) is 0 Å². The minimum atomic E-state index is 0. The summed E-state index contributed by atoms with van der Waals surface area (Å²) in [6, 6.07) is 0. The Kier molecular flexibility index (Phi) is 72.8. The molecule has 0 saturated heterocycles. The molecule has 78 valence electrons. The second-order valence-electron chi connectivity index (χ2n) is 2.27. The monoisotopic (exact) mass is 257 g/mol. The SMILES string of the molecule is O.O.O.[CH2-]CCCCCCC.[Zr]. The van der Waals surface area contributed by atoms with Gasteiger partial charge in [-0.05, 0) is 0 Å². The Labute approximate surface area is 95.0 Å². The summed E-state index contributed by atoms with van der Waals surface area (Å²) in [7, 11) is 0. The molecule has 0 aliphatic heterocycles. The fourth-order valence-corrected chi connectivity index (χ4v) is 0.780. The zero-order valence-corrected chi connectivity index (χ0v) is 10.4. The van der Waals surface area contributed by atoms with Gasteiger partial charge in [0.1, 0.15) is 0 Å². The zero-order valence-electron chi connectivity index (χ0n) is 7.95. The predicted molar refractivity (Wildman–Crippen MR) is 49.6 cm³/mol. The van der Waals surface area contributed by atoms with Gasteiger partial charge in [0.2, 0.25) is 0 Å². The van der Waals surface area contributed by atoms with Crippen molar-refractivity contribution >= 4 is 0 Å². The van der Waals surface area contributed by atoms with Crippen LogP contribution in [0.2, 0.25) is 0 Å². The minimum absolute atomic E-state index is 0. The van der Waals surface area contributed by atoms with Crippen molar-refractivity contribution in [3.63, 3.8) is 0 Å². The van der Waals surface area contributed by atoms with Crippen LogP contribution >= 0.6 is 0 Å². The Morgan fingerprint density at radius 2 is 1.25 bits per heavy atom. The van der Waals surface area contributed by atoms with Crippen molar-refractivity contribution < 1.29 is 42.6 Å². The van der Waals surface area contributed by atoms with E-state index in [9.17, 15) is 0 Å². The van der Waals surface area contributed by atoms with E-state index in [4.69, 9.17) is 0 Å². The van der Waals surface area contributed by atoms with Crippen LogP contribution in [0.3, 0.4) is 0 Å². The Balaban J connectivity index is -0.0000000408. The maximum Gasteiger partial charge on any atom is 0 e. The summed E-state index contributed by atoms with van der Waals surface area (Å²) in [5.41, 5.74) is 0. The molecule has 0 radical (unpaired) electrons. The molecular weight excluding hydrogens is 235 g/mol. The van der Waals surface area contributed by atoms with E-state index < -0.39 is 0 Å². The van der Waals surface area contributed by atoms with Gasteiger partial charge < -0.3 is 23.4 Å². The number of unbranched alkanes of at least 4 members (excludes halogenated alkanes) is 5. The molecule has 6 N–H and O–H groups in total. The third-order valence-electron chi connectivity index (χ3n) is 1.35. The summed E-state index contributed by atoms with van der Waals surface area (Å²) in [5, 5.41) is 0. The van der Waals surface area contributed by atoms with E-state index >= 15 is 0 Å². The van der Waals surface area contributed by atoms with Crippen LogP contribution in [0.5, 0.6) is 0 Å². The van der Waals surface area contributed by atoms with E-state index in [1.54, 1.807) is 0 Å². The molecule has 3 nitrogen and oxygen atoms in total. The first-order valence-electron chi connectivity index (χ1n) is 3.71. The van der Waals surface area contributed by atoms with Crippen LogP contribution < -0.4 is 0 Å². The summed E-state index contributed by atoms with van der Waals surface area (Å²) in [6.45, 7) is 6.02. The van der Waals surface area contributed by atoms with E-state index in [1.807, 2.05) is 0 Å². The van der Waals surface area contributed by atoms with Gasteiger partial charge in [-0.25, -0.2) is 0 Å². The van der Waals surface area contributed by atoms with Crippen molar-refractivity contribution in [2.75, 3.05) is 0 Å². The van der Waals surface area contributed by atoms with Gasteiger partial charge >= 0.3 is 0 Å². The molecule has 0 aromatic heterocycles. The maximum atomic E-state index is 3.78. The average Bonchev–Trinajstić information content (AvgIpc) is 1.81. The molecule has 0 aromatic rings. The smallest absolute Gasteiger partial charge is 0 e. The van der Waals surface area contributed by atoms with Crippen LogP contribution in [0.25, 0.3) is 0 Å². The van der Waals surface area contributed by atoms with Crippen molar-refractivity contribution in [2.45, 2.75) is 45.4 Å². The first kappa shape index (κ1) is 29.3. The van der Waals surface area contributed by atoms with E-state index in [0.717, 1.165) is 6.42 Å². The second kappa shape index (κ2) is 29.8. The third-order valence-corrected chi connectivity index (χ3v) is 1.35. The van der Waals surface area contributed by atoms with Crippen LogP contribution in [0, 0.1) is 6.92 Å². The minimum Gasteiger partial charge on any atom is -0.412 e.